The molecule has 1 saturated heterocycles. The summed E-state index contributed by atoms with van der Waals surface area (Å²) in [6, 6.07) is 1.14. The predicted molar refractivity (Wildman–Crippen MR) is 108 cm³/mol. The van der Waals surface area contributed by atoms with Gasteiger partial charge in [-0.25, -0.2) is 4.79 Å². The van der Waals surface area contributed by atoms with Crippen LogP contribution in [0.1, 0.15) is 27.7 Å². The van der Waals surface area contributed by atoms with Crippen molar-refractivity contribution < 1.29 is 31.9 Å². The molecule has 2 heterocycles. The Balaban J connectivity index is 1.87. The number of piperazine rings is 1. The van der Waals surface area contributed by atoms with Gasteiger partial charge in [0.25, 0.3) is 6.01 Å². The van der Waals surface area contributed by atoms with Crippen LogP contribution in [0.5, 0.6) is 5.75 Å². The molecule has 1 amide bonds. The van der Waals surface area contributed by atoms with Crippen molar-refractivity contribution in [3.63, 3.8) is 0 Å². The van der Waals surface area contributed by atoms with E-state index in [2.05, 4.69) is 25.7 Å². The SMILES string of the molecule is CC1CN(C(=O)OC(C)(C)C)CCN1c1nc2c(OC(F)(F)F)c(Cl)cc(Br)c2o1. The molecule has 0 bridgehead atoms. The highest BCUT2D eigenvalue weighted by atomic mass is 79.9. The first-order chi connectivity index (χ1) is 13.7. The molecule has 1 aromatic carbocycles. The zero-order valence-electron chi connectivity index (χ0n) is 16.6. The fourth-order valence-electron chi connectivity index (χ4n) is 3.05. The van der Waals surface area contributed by atoms with Gasteiger partial charge in [0.1, 0.15) is 5.60 Å². The Morgan fingerprint density at radius 1 is 1.33 bits per heavy atom. The van der Waals surface area contributed by atoms with Crippen molar-refractivity contribution in [3.05, 3.63) is 15.6 Å². The molecule has 7 nitrogen and oxygen atoms in total. The first-order valence-corrected chi connectivity index (χ1v) is 10.2. The second kappa shape index (κ2) is 7.99. The number of nitrogens with zero attached hydrogens (tertiary/aromatic N) is 3. The van der Waals surface area contributed by atoms with Gasteiger partial charge in [-0.1, -0.05) is 11.6 Å². The van der Waals surface area contributed by atoms with E-state index >= 15 is 0 Å². The number of fused-ring (bicyclic) bond motifs is 1. The molecule has 0 radical (unpaired) electrons. The highest BCUT2D eigenvalue weighted by Crippen LogP contribution is 2.42. The lowest BCUT2D eigenvalue weighted by Crippen LogP contribution is -2.54. The summed E-state index contributed by atoms with van der Waals surface area (Å²) in [5.41, 5.74) is -0.683. The van der Waals surface area contributed by atoms with Crippen LogP contribution in [-0.2, 0) is 4.74 Å². The highest BCUT2D eigenvalue weighted by molar-refractivity contribution is 9.10. The number of carbonyl (C=O) groups excluding carboxylic acids is 1. The lowest BCUT2D eigenvalue weighted by atomic mass is 10.2. The van der Waals surface area contributed by atoms with E-state index in [0.29, 0.717) is 24.1 Å². The van der Waals surface area contributed by atoms with Crippen LogP contribution >= 0.6 is 27.5 Å². The van der Waals surface area contributed by atoms with Crippen LogP contribution in [0.4, 0.5) is 24.0 Å². The molecule has 2 aromatic rings. The number of carbonyl (C=O) groups is 1. The number of aromatic nitrogens is 1. The van der Waals surface area contributed by atoms with Crippen LogP contribution in [0.3, 0.4) is 0 Å². The zero-order chi connectivity index (χ0) is 22.4. The van der Waals surface area contributed by atoms with Crippen LogP contribution in [0, 0.1) is 0 Å². The predicted octanol–water partition coefficient (Wildman–Crippen LogP) is 5.59. The van der Waals surface area contributed by atoms with Gasteiger partial charge in [-0.15, -0.1) is 13.2 Å². The maximum Gasteiger partial charge on any atom is 0.573 e. The summed E-state index contributed by atoms with van der Waals surface area (Å²) in [5, 5.41) is -0.255. The third-order valence-corrected chi connectivity index (χ3v) is 5.13. The standard InChI is InChI=1S/C18H20BrClF3N3O4/c1-9-8-25(16(27)30-17(2,3)4)5-6-26(9)15-24-12-13(28-15)10(19)7-11(20)14(12)29-18(21,22)23/h7,9H,5-6,8H2,1-4H3. The van der Waals surface area contributed by atoms with Crippen molar-refractivity contribution in [2.75, 3.05) is 24.5 Å². The molecule has 12 heteroatoms. The third kappa shape index (κ3) is 5.05. The van der Waals surface area contributed by atoms with E-state index in [9.17, 15) is 18.0 Å². The van der Waals surface area contributed by atoms with E-state index in [1.807, 2.05) is 6.92 Å². The lowest BCUT2D eigenvalue weighted by Gasteiger charge is -2.39. The largest absolute Gasteiger partial charge is 0.573 e. The smallest absolute Gasteiger partial charge is 0.444 e. The van der Waals surface area contributed by atoms with Gasteiger partial charge in [-0.05, 0) is 49.7 Å². The Morgan fingerprint density at radius 2 is 2.00 bits per heavy atom. The Bertz CT molecular complexity index is 961. The maximum atomic E-state index is 12.8. The van der Waals surface area contributed by atoms with E-state index in [1.54, 1.807) is 30.6 Å². The van der Waals surface area contributed by atoms with Crippen LogP contribution in [-0.4, -0.2) is 53.6 Å². The lowest BCUT2D eigenvalue weighted by molar-refractivity contribution is -0.274. The van der Waals surface area contributed by atoms with Gasteiger partial charge in [0.2, 0.25) is 0 Å². The summed E-state index contributed by atoms with van der Waals surface area (Å²) in [6.07, 6.45) is -5.36. The first kappa shape index (κ1) is 22.8. The number of hydrogen-bond donors (Lipinski definition) is 0. The van der Waals surface area contributed by atoms with Crippen molar-refractivity contribution in [1.82, 2.24) is 9.88 Å². The summed E-state index contributed by atoms with van der Waals surface area (Å²) in [6.45, 7) is 8.23. The molecular formula is C18H20BrClF3N3O4. The average Bonchev–Trinajstić information content (AvgIpc) is 3.01. The normalized spacial score (nSPS) is 18.1. The van der Waals surface area contributed by atoms with Crippen LogP contribution in [0.15, 0.2) is 15.0 Å². The monoisotopic (exact) mass is 513 g/mol. The second-order valence-electron chi connectivity index (χ2n) is 7.86. The maximum absolute atomic E-state index is 12.8. The van der Waals surface area contributed by atoms with Gasteiger partial charge in [0, 0.05) is 25.7 Å². The molecule has 0 aliphatic carbocycles. The Kier molecular flexibility index (Phi) is 6.07. The van der Waals surface area contributed by atoms with Gasteiger partial charge in [0.05, 0.1) is 9.50 Å². The van der Waals surface area contributed by atoms with Crippen molar-refractivity contribution in [2.45, 2.75) is 45.7 Å². The number of hydrogen-bond acceptors (Lipinski definition) is 6. The molecule has 0 spiro atoms. The second-order valence-corrected chi connectivity index (χ2v) is 9.12. The number of rotatable bonds is 2. The van der Waals surface area contributed by atoms with Crippen LogP contribution in [0.25, 0.3) is 11.1 Å². The quantitative estimate of drug-likeness (QED) is 0.521. The molecule has 0 saturated carbocycles. The molecule has 1 aliphatic heterocycles. The van der Waals surface area contributed by atoms with Gasteiger partial charge in [-0.3, -0.25) is 0 Å². The Hall–Kier alpha value is -1.88. The molecule has 0 N–H and O–H groups in total. The minimum atomic E-state index is -4.93. The van der Waals surface area contributed by atoms with Crippen molar-refractivity contribution in [2.24, 2.45) is 0 Å². The molecule has 1 unspecified atom stereocenters. The fourth-order valence-corrected chi connectivity index (χ4v) is 3.92. The fraction of sp³-hybridized carbons (Fsp3) is 0.556. The number of ether oxygens (including phenoxy) is 2. The summed E-state index contributed by atoms with van der Waals surface area (Å²) in [4.78, 5) is 19.8. The minimum absolute atomic E-state index is 0.0791. The van der Waals surface area contributed by atoms with E-state index in [-0.39, 0.29) is 28.2 Å². The molecule has 1 aromatic heterocycles. The molecule has 166 valence electrons. The molecule has 1 atom stereocenters. The highest BCUT2D eigenvalue weighted by Gasteiger charge is 2.36. The van der Waals surface area contributed by atoms with Gasteiger partial charge < -0.3 is 23.7 Å². The van der Waals surface area contributed by atoms with E-state index in [0.717, 1.165) is 0 Å². The number of benzene rings is 1. The Labute approximate surface area is 184 Å². The summed E-state index contributed by atoms with van der Waals surface area (Å²) >= 11 is 9.16. The number of halogens is 5. The summed E-state index contributed by atoms with van der Waals surface area (Å²) in [5.74, 6) is -0.627. The van der Waals surface area contributed by atoms with Gasteiger partial charge >= 0.3 is 12.5 Å². The van der Waals surface area contributed by atoms with Crippen molar-refractivity contribution in [3.8, 4) is 5.75 Å². The summed E-state index contributed by atoms with van der Waals surface area (Å²) in [7, 11) is 0. The molecule has 1 aliphatic rings. The summed E-state index contributed by atoms with van der Waals surface area (Å²) < 4.78 is 53.9. The number of anilines is 1. The molecular weight excluding hydrogens is 495 g/mol. The number of alkyl halides is 3. The van der Waals surface area contributed by atoms with Crippen LogP contribution in [0.2, 0.25) is 5.02 Å². The van der Waals surface area contributed by atoms with E-state index in [4.69, 9.17) is 20.8 Å². The zero-order valence-corrected chi connectivity index (χ0v) is 19.0. The van der Waals surface area contributed by atoms with Crippen molar-refractivity contribution >= 4 is 50.7 Å². The van der Waals surface area contributed by atoms with E-state index < -0.39 is 23.8 Å². The minimum Gasteiger partial charge on any atom is -0.444 e. The molecule has 30 heavy (non-hydrogen) atoms. The third-order valence-electron chi connectivity index (χ3n) is 4.26. The van der Waals surface area contributed by atoms with Crippen molar-refractivity contribution in [1.29, 1.82) is 0 Å². The Morgan fingerprint density at radius 3 is 2.57 bits per heavy atom. The average molecular weight is 515 g/mol. The topological polar surface area (TPSA) is 68.0 Å². The number of amides is 1. The van der Waals surface area contributed by atoms with Gasteiger partial charge in [-0.2, -0.15) is 4.98 Å². The van der Waals surface area contributed by atoms with E-state index in [1.165, 1.54) is 6.07 Å². The number of oxazole rings is 1. The molecule has 3 rings (SSSR count). The first-order valence-electron chi connectivity index (χ1n) is 9.04. The molecule has 1 fully saturated rings. The van der Waals surface area contributed by atoms with Crippen LogP contribution < -0.4 is 9.64 Å². The van der Waals surface area contributed by atoms with Gasteiger partial charge in [0.15, 0.2) is 16.8 Å².